The highest BCUT2D eigenvalue weighted by molar-refractivity contribution is 5.96. The van der Waals surface area contributed by atoms with Crippen LogP contribution in [0.3, 0.4) is 0 Å². The first-order valence-corrected chi connectivity index (χ1v) is 7.99. The Kier molecular flexibility index (Phi) is 7.57. The van der Waals surface area contributed by atoms with Crippen molar-refractivity contribution in [3.8, 4) is 0 Å². The van der Waals surface area contributed by atoms with Crippen LogP contribution in [-0.2, 0) is 0 Å². The number of rotatable bonds is 8. The van der Waals surface area contributed by atoms with E-state index >= 15 is 0 Å². The van der Waals surface area contributed by atoms with E-state index in [0.29, 0.717) is 24.5 Å². The number of unbranched alkanes of at least 4 members (excludes halogenated alkanes) is 2. The first-order valence-electron chi connectivity index (χ1n) is 7.99. The second-order valence-corrected chi connectivity index (χ2v) is 5.57. The minimum Gasteiger partial charge on any atom is -0.340 e. The van der Waals surface area contributed by atoms with Crippen LogP contribution in [0.5, 0.6) is 0 Å². The normalized spacial score (nSPS) is 10.4. The lowest BCUT2D eigenvalue weighted by atomic mass is 10.2. The van der Waals surface area contributed by atoms with Crippen molar-refractivity contribution in [3.05, 3.63) is 29.6 Å². The first kappa shape index (κ1) is 18.1. The van der Waals surface area contributed by atoms with Gasteiger partial charge in [-0.1, -0.05) is 32.8 Å². The lowest BCUT2D eigenvalue weighted by Gasteiger charge is -2.18. The van der Waals surface area contributed by atoms with Crippen molar-refractivity contribution in [2.24, 2.45) is 0 Å². The number of carbonyl (C=O) groups is 2. The number of amides is 2. The van der Waals surface area contributed by atoms with Crippen LogP contribution in [-0.4, -0.2) is 53.8 Å². The second-order valence-electron chi connectivity index (χ2n) is 5.57. The molecule has 0 aliphatic heterocycles. The SMILES string of the molecule is CCCCN(C)C(=O)c1cccc(C(=O)N(C)CCCC)n1. The number of aromatic nitrogens is 1. The van der Waals surface area contributed by atoms with Crippen LogP contribution in [0.4, 0.5) is 0 Å². The van der Waals surface area contributed by atoms with Gasteiger partial charge in [-0.2, -0.15) is 0 Å². The summed E-state index contributed by atoms with van der Waals surface area (Å²) < 4.78 is 0. The van der Waals surface area contributed by atoms with Gasteiger partial charge in [-0.05, 0) is 25.0 Å². The molecule has 0 N–H and O–H groups in total. The van der Waals surface area contributed by atoms with E-state index in [1.807, 2.05) is 0 Å². The topological polar surface area (TPSA) is 53.5 Å². The second kappa shape index (κ2) is 9.18. The van der Waals surface area contributed by atoms with Gasteiger partial charge in [0.2, 0.25) is 0 Å². The molecule has 2 amide bonds. The lowest BCUT2D eigenvalue weighted by Crippen LogP contribution is -2.31. The van der Waals surface area contributed by atoms with Crippen molar-refractivity contribution in [3.63, 3.8) is 0 Å². The first-order chi connectivity index (χ1) is 10.5. The van der Waals surface area contributed by atoms with Crippen LogP contribution >= 0.6 is 0 Å². The summed E-state index contributed by atoms with van der Waals surface area (Å²) >= 11 is 0. The van der Waals surface area contributed by atoms with Crippen LogP contribution in [0.2, 0.25) is 0 Å². The molecular weight excluding hydrogens is 278 g/mol. The molecule has 1 aromatic rings. The van der Waals surface area contributed by atoms with E-state index in [1.165, 1.54) is 0 Å². The Hall–Kier alpha value is -1.91. The van der Waals surface area contributed by atoms with E-state index in [2.05, 4.69) is 18.8 Å². The molecule has 0 saturated carbocycles. The van der Waals surface area contributed by atoms with Crippen molar-refractivity contribution in [2.45, 2.75) is 39.5 Å². The van der Waals surface area contributed by atoms with Crippen LogP contribution in [0.15, 0.2) is 18.2 Å². The van der Waals surface area contributed by atoms with Gasteiger partial charge in [-0.15, -0.1) is 0 Å². The molecule has 0 unspecified atom stereocenters. The van der Waals surface area contributed by atoms with E-state index in [-0.39, 0.29) is 11.8 Å². The smallest absolute Gasteiger partial charge is 0.272 e. The molecule has 0 aliphatic rings. The quantitative estimate of drug-likeness (QED) is 0.742. The molecule has 0 fully saturated rings. The summed E-state index contributed by atoms with van der Waals surface area (Å²) in [6.45, 7) is 5.57. The Bertz CT molecular complexity index is 461. The zero-order chi connectivity index (χ0) is 16.5. The molecule has 0 aliphatic carbocycles. The van der Waals surface area contributed by atoms with Crippen LogP contribution in [0.1, 0.15) is 60.5 Å². The molecule has 1 heterocycles. The Labute approximate surface area is 133 Å². The molecule has 0 aromatic carbocycles. The standard InChI is InChI=1S/C17H27N3O2/c1-5-7-12-19(3)16(21)14-10-9-11-15(18-14)17(22)20(4)13-8-6-2/h9-11H,5-8,12-13H2,1-4H3. The maximum atomic E-state index is 12.3. The Morgan fingerprint density at radius 3 is 1.68 bits per heavy atom. The Morgan fingerprint density at radius 1 is 0.909 bits per heavy atom. The minimum atomic E-state index is -0.140. The highest BCUT2D eigenvalue weighted by Gasteiger charge is 2.17. The maximum Gasteiger partial charge on any atom is 0.272 e. The third kappa shape index (κ3) is 5.13. The zero-order valence-electron chi connectivity index (χ0n) is 14.1. The number of pyridine rings is 1. The molecule has 5 heteroatoms. The van der Waals surface area contributed by atoms with Crippen LogP contribution in [0.25, 0.3) is 0 Å². The van der Waals surface area contributed by atoms with Crippen molar-refractivity contribution in [1.29, 1.82) is 0 Å². The predicted molar refractivity (Wildman–Crippen MR) is 88.0 cm³/mol. The molecule has 0 atom stereocenters. The average molecular weight is 305 g/mol. The van der Waals surface area contributed by atoms with Gasteiger partial charge in [0.15, 0.2) is 0 Å². The monoisotopic (exact) mass is 305 g/mol. The van der Waals surface area contributed by atoms with E-state index in [9.17, 15) is 9.59 Å². The Morgan fingerprint density at radius 2 is 1.32 bits per heavy atom. The van der Waals surface area contributed by atoms with Gasteiger partial charge >= 0.3 is 0 Å². The molecular formula is C17H27N3O2. The van der Waals surface area contributed by atoms with E-state index in [4.69, 9.17) is 0 Å². The summed E-state index contributed by atoms with van der Waals surface area (Å²) in [4.78, 5) is 32.2. The molecule has 0 radical (unpaired) electrons. The van der Waals surface area contributed by atoms with Crippen LogP contribution < -0.4 is 0 Å². The van der Waals surface area contributed by atoms with Crippen LogP contribution in [0, 0.1) is 0 Å². The summed E-state index contributed by atoms with van der Waals surface area (Å²) in [5, 5.41) is 0. The van der Waals surface area contributed by atoms with Gasteiger partial charge in [-0.3, -0.25) is 9.59 Å². The summed E-state index contributed by atoms with van der Waals surface area (Å²) in [5.74, 6) is -0.279. The molecule has 0 saturated heterocycles. The van der Waals surface area contributed by atoms with Crippen molar-refractivity contribution in [2.75, 3.05) is 27.2 Å². The number of hydrogen-bond acceptors (Lipinski definition) is 3. The van der Waals surface area contributed by atoms with E-state index < -0.39 is 0 Å². The van der Waals surface area contributed by atoms with Gasteiger partial charge in [-0.25, -0.2) is 4.98 Å². The summed E-state index contributed by atoms with van der Waals surface area (Å²) in [7, 11) is 3.53. The molecule has 5 nitrogen and oxygen atoms in total. The molecule has 1 aromatic heterocycles. The van der Waals surface area contributed by atoms with Gasteiger partial charge in [0, 0.05) is 27.2 Å². The summed E-state index contributed by atoms with van der Waals surface area (Å²) in [6, 6.07) is 5.04. The number of carbonyl (C=O) groups excluding carboxylic acids is 2. The van der Waals surface area contributed by atoms with Crippen molar-refractivity contribution in [1.82, 2.24) is 14.8 Å². The zero-order valence-corrected chi connectivity index (χ0v) is 14.1. The van der Waals surface area contributed by atoms with E-state index in [0.717, 1.165) is 25.7 Å². The van der Waals surface area contributed by atoms with Gasteiger partial charge in [0.25, 0.3) is 11.8 Å². The minimum absolute atomic E-state index is 0.140. The Balaban J connectivity index is 2.80. The fourth-order valence-electron chi connectivity index (χ4n) is 2.06. The lowest BCUT2D eigenvalue weighted by molar-refractivity contribution is 0.0780. The van der Waals surface area contributed by atoms with Gasteiger partial charge in [0.1, 0.15) is 11.4 Å². The highest BCUT2D eigenvalue weighted by Crippen LogP contribution is 2.07. The average Bonchev–Trinajstić information content (AvgIpc) is 2.56. The molecule has 22 heavy (non-hydrogen) atoms. The van der Waals surface area contributed by atoms with Gasteiger partial charge in [0.05, 0.1) is 0 Å². The predicted octanol–water partition coefficient (Wildman–Crippen LogP) is 2.83. The molecule has 0 spiro atoms. The highest BCUT2D eigenvalue weighted by atomic mass is 16.2. The third-order valence-electron chi connectivity index (χ3n) is 3.57. The summed E-state index contributed by atoms with van der Waals surface area (Å²) in [6.07, 6.45) is 3.98. The molecule has 1 rings (SSSR count). The maximum absolute atomic E-state index is 12.3. The van der Waals surface area contributed by atoms with Crippen molar-refractivity contribution < 1.29 is 9.59 Å². The fourth-order valence-corrected chi connectivity index (χ4v) is 2.06. The number of nitrogens with zero attached hydrogens (tertiary/aromatic N) is 3. The molecule has 122 valence electrons. The molecule has 0 bridgehead atoms. The van der Waals surface area contributed by atoms with Gasteiger partial charge < -0.3 is 9.80 Å². The fraction of sp³-hybridized carbons (Fsp3) is 0.588. The van der Waals surface area contributed by atoms with Crippen molar-refractivity contribution >= 4 is 11.8 Å². The largest absolute Gasteiger partial charge is 0.340 e. The number of hydrogen-bond donors (Lipinski definition) is 0. The van der Waals surface area contributed by atoms with E-state index in [1.54, 1.807) is 42.1 Å². The third-order valence-corrected chi connectivity index (χ3v) is 3.57. The summed E-state index contributed by atoms with van der Waals surface area (Å²) in [5.41, 5.74) is 0.654.